The van der Waals surface area contributed by atoms with Crippen LogP contribution in [0.4, 0.5) is 4.39 Å². The molecule has 0 radical (unpaired) electrons. The van der Waals surface area contributed by atoms with Crippen LogP contribution in [-0.4, -0.2) is 4.57 Å². The Morgan fingerprint density at radius 1 is 1.05 bits per heavy atom. The summed E-state index contributed by atoms with van der Waals surface area (Å²) in [5, 5.41) is 4.69. The van der Waals surface area contributed by atoms with E-state index < -0.39 is 0 Å². The fourth-order valence-electron chi connectivity index (χ4n) is 2.86. The predicted molar refractivity (Wildman–Crippen MR) is 84.6 cm³/mol. The Hall–Kier alpha value is -2.13. The minimum atomic E-state index is -0.185. The standard InChI is InChI=1S/C18H19FN2/c1-13-16-8-3-4-9-17(16)21(2)18(13)12-20-11-14-6-5-7-15(19)10-14/h3-10,20H,11-12H2,1-2H3. The van der Waals surface area contributed by atoms with E-state index in [1.54, 1.807) is 12.1 Å². The summed E-state index contributed by atoms with van der Waals surface area (Å²) in [5.74, 6) is -0.185. The van der Waals surface area contributed by atoms with E-state index in [9.17, 15) is 4.39 Å². The first-order chi connectivity index (χ1) is 10.2. The second kappa shape index (κ2) is 5.70. The summed E-state index contributed by atoms with van der Waals surface area (Å²) < 4.78 is 15.4. The Bertz CT molecular complexity index is 735. The first-order valence-corrected chi connectivity index (χ1v) is 7.15. The van der Waals surface area contributed by atoms with E-state index in [1.807, 2.05) is 6.07 Å². The predicted octanol–water partition coefficient (Wildman–Crippen LogP) is 3.92. The molecular weight excluding hydrogens is 263 g/mol. The molecule has 0 spiro atoms. The van der Waals surface area contributed by atoms with Crippen molar-refractivity contribution < 1.29 is 4.39 Å². The topological polar surface area (TPSA) is 17.0 Å². The molecule has 0 saturated carbocycles. The zero-order valence-electron chi connectivity index (χ0n) is 12.4. The van der Waals surface area contributed by atoms with Crippen LogP contribution in [0.25, 0.3) is 10.9 Å². The van der Waals surface area contributed by atoms with Crippen molar-refractivity contribution in [2.24, 2.45) is 7.05 Å². The number of benzene rings is 2. The molecule has 21 heavy (non-hydrogen) atoms. The van der Waals surface area contributed by atoms with Crippen molar-refractivity contribution in [3.63, 3.8) is 0 Å². The molecule has 2 nitrogen and oxygen atoms in total. The van der Waals surface area contributed by atoms with Gasteiger partial charge < -0.3 is 9.88 Å². The normalized spacial score (nSPS) is 11.2. The molecule has 0 atom stereocenters. The van der Waals surface area contributed by atoms with Crippen LogP contribution in [0.15, 0.2) is 48.5 Å². The third kappa shape index (κ3) is 2.69. The lowest BCUT2D eigenvalue weighted by Gasteiger charge is -2.08. The Balaban J connectivity index is 1.76. The van der Waals surface area contributed by atoms with E-state index in [-0.39, 0.29) is 5.82 Å². The van der Waals surface area contributed by atoms with Crippen molar-refractivity contribution in [3.8, 4) is 0 Å². The Labute approximate surface area is 124 Å². The van der Waals surface area contributed by atoms with Gasteiger partial charge in [-0.15, -0.1) is 0 Å². The van der Waals surface area contributed by atoms with Gasteiger partial charge in [0.1, 0.15) is 5.82 Å². The molecule has 0 amide bonds. The smallest absolute Gasteiger partial charge is 0.123 e. The molecule has 0 saturated heterocycles. The maximum Gasteiger partial charge on any atom is 0.123 e. The molecule has 0 fully saturated rings. The van der Waals surface area contributed by atoms with Crippen LogP contribution >= 0.6 is 0 Å². The lowest BCUT2D eigenvalue weighted by molar-refractivity contribution is 0.617. The molecular formula is C18H19FN2. The number of aromatic nitrogens is 1. The second-order valence-corrected chi connectivity index (χ2v) is 5.38. The number of nitrogens with zero attached hydrogens (tertiary/aromatic N) is 1. The van der Waals surface area contributed by atoms with Crippen LogP contribution in [0.3, 0.4) is 0 Å². The molecule has 1 heterocycles. The van der Waals surface area contributed by atoms with E-state index in [0.717, 1.165) is 12.1 Å². The Morgan fingerprint density at radius 2 is 1.86 bits per heavy atom. The minimum absolute atomic E-state index is 0.185. The number of para-hydroxylation sites is 1. The minimum Gasteiger partial charge on any atom is -0.346 e. The van der Waals surface area contributed by atoms with Crippen LogP contribution < -0.4 is 5.32 Å². The molecule has 1 N–H and O–H groups in total. The molecule has 0 aliphatic rings. The van der Waals surface area contributed by atoms with Gasteiger partial charge in [-0.2, -0.15) is 0 Å². The molecule has 2 aromatic carbocycles. The van der Waals surface area contributed by atoms with Crippen molar-refractivity contribution >= 4 is 10.9 Å². The lowest BCUT2D eigenvalue weighted by atomic mass is 10.1. The molecule has 0 aliphatic carbocycles. The van der Waals surface area contributed by atoms with Gasteiger partial charge >= 0.3 is 0 Å². The van der Waals surface area contributed by atoms with Gasteiger partial charge in [-0.05, 0) is 36.2 Å². The van der Waals surface area contributed by atoms with Crippen LogP contribution in [0.5, 0.6) is 0 Å². The highest BCUT2D eigenvalue weighted by Gasteiger charge is 2.10. The van der Waals surface area contributed by atoms with E-state index in [0.29, 0.717) is 6.54 Å². The van der Waals surface area contributed by atoms with Gasteiger partial charge in [-0.3, -0.25) is 0 Å². The number of aryl methyl sites for hydroxylation is 2. The van der Waals surface area contributed by atoms with E-state index >= 15 is 0 Å². The van der Waals surface area contributed by atoms with E-state index in [2.05, 4.69) is 48.1 Å². The summed E-state index contributed by atoms with van der Waals surface area (Å²) in [6, 6.07) is 15.1. The van der Waals surface area contributed by atoms with Crippen LogP contribution in [0.2, 0.25) is 0 Å². The molecule has 3 rings (SSSR count). The molecule has 3 aromatic rings. The van der Waals surface area contributed by atoms with Gasteiger partial charge in [0, 0.05) is 36.7 Å². The van der Waals surface area contributed by atoms with Crippen molar-refractivity contribution in [1.82, 2.24) is 9.88 Å². The molecule has 0 bridgehead atoms. The highest BCUT2D eigenvalue weighted by atomic mass is 19.1. The maximum atomic E-state index is 13.2. The number of halogens is 1. The average Bonchev–Trinajstić information content (AvgIpc) is 2.73. The largest absolute Gasteiger partial charge is 0.346 e. The fraction of sp³-hybridized carbons (Fsp3) is 0.222. The van der Waals surface area contributed by atoms with E-state index in [1.165, 1.54) is 28.2 Å². The number of nitrogens with one attached hydrogen (secondary N) is 1. The summed E-state index contributed by atoms with van der Waals surface area (Å²) >= 11 is 0. The number of rotatable bonds is 4. The second-order valence-electron chi connectivity index (χ2n) is 5.38. The van der Waals surface area contributed by atoms with Crippen molar-refractivity contribution in [2.45, 2.75) is 20.0 Å². The number of fused-ring (bicyclic) bond motifs is 1. The van der Waals surface area contributed by atoms with E-state index in [4.69, 9.17) is 0 Å². The summed E-state index contributed by atoms with van der Waals surface area (Å²) in [5.41, 5.74) is 4.79. The van der Waals surface area contributed by atoms with Gasteiger partial charge in [-0.1, -0.05) is 30.3 Å². The molecule has 108 valence electrons. The van der Waals surface area contributed by atoms with Gasteiger partial charge in [-0.25, -0.2) is 4.39 Å². The average molecular weight is 282 g/mol. The maximum absolute atomic E-state index is 13.2. The zero-order chi connectivity index (χ0) is 14.8. The summed E-state index contributed by atoms with van der Waals surface area (Å²) in [6.07, 6.45) is 0. The summed E-state index contributed by atoms with van der Waals surface area (Å²) in [4.78, 5) is 0. The zero-order valence-corrected chi connectivity index (χ0v) is 12.4. The first kappa shape index (κ1) is 13.8. The Kier molecular flexibility index (Phi) is 3.76. The number of hydrogen-bond acceptors (Lipinski definition) is 1. The first-order valence-electron chi connectivity index (χ1n) is 7.15. The van der Waals surface area contributed by atoms with Crippen molar-refractivity contribution in [2.75, 3.05) is 0 Å². The molecule has 3 heteroatoms. The molecule has 0 unspecified atom stereocenters. The monoisotopic (exact) mass is 282 g/mol. The van der Waals surface area contributed by atoms with Gasteiger partial charge in [0.25, 0.3) is 0 Å². The third-order valence-electron chi connectivity index (χ3n) is 4.02. The van der Waals surface area contributed by atoms with Crippen molar-refractivity contribution in [1.29, 1.82) is 0 Å². The molecule has 0 aliphatic heterocycles. The van der Waals surface area contributed by atoms with Crippen LogP contribution in [-0.2, 0) is 20.1 Å². The highest BCUT2D eigenvalue weighted by Crippen LogP contribution is 2.24. The quantitative estimate of drug-likeness (QED) is 0.767. The SMILES string of the molecule is Cc1c(CNCc2cccc(F)c2)n(C)c2ccccc12. The Morgan fingerprint density at radius 3 is 2.62 bits per heavy atom. The van der Waals surface area contributed by atoms with Crippen LogP contribution in [0, 0.1) is 12.7 Å². The third-order valence-corrected chi connectivity index (χ3v) is 4.02. The van der Waals surface area contributed by atoms with Gasteiger partial charge in [0.2, 0.25) is 0 Å². The van der Waals surface area contributed by atoms with Crippen molar-refractivity contribution in [3.05, 3.63) is 71.2 Å². The lowest BCUT2D eigenvalue weighted by Crippen LogP contribution is -2.15. The fourth-order valence-corrected chi connectivity index (χ4v) is 2.86. The van der Waals surface area contributed by atoms with Crippen LogP contribution in [0.1, 0.15) is 16.8 Å². The summed E-state index contributed by atoms with van der Waals surface area (Å²) in [7, 11) is 2.09. The van der Waals surface area contributed by atoms with Gasteiger partial charge in [0.15, 0.2) is 0 Å². The molecule has 1 aromatic heterocycles. The highest BCUT2D eigenvalue weighted by molar-refractivity contribution is 5.85. The number of hydrogen-bond donors (Lipinski definition) is 1. The van der Waals surface area contributed by atoms with Gasteiger partial charge in [0.05, 0.1) is 0 Å². The summed E-state index contributed by atoms with van der Waals surface area (Å²) in [6.45, 7) is 3.59.